The molecule has 5 nitrogen and oxygen atoms in total. The molecule has 0 spiro atoms. The number of nitrogens with two attached hydrogens (primary N) is 1. The van der Waals surface area contributed by atoms with Gasteiger partial charge >= 0.3 is 5.97 Å². The highest BCUT2D eigenvalue weighted by molar-refractivity contribution is 7.89. The van der Waals surface area contributed by atoms with Gasteiger partial charge in [-0.3, -0.25) is 0 Å². The lowest BCUT2D eigenvalue weighted by Crippen LogP contribution is -2.17. The molecule has 0 amide bonds. The first-order chi connectivity index (χ1) is 8.12. The van der Waals surface area contributed by atoms with E-state index in [1.165, 1.54) is 13.0 Å². The van der Waals surface area contributed by atoms with Gasteiger partial charge in [-0.1, -0.05) is 0 Å². The van der Waals surface area contributed by atoms with E-state index in [2.05, 4.69) is 0 Å². The van der Waals surface area contributed by atoms with Crippen LogP contribution in [-0.2, 0) is 14.8 Å². The van der Waals surface area contributed by atoms with E-state index in [0.29, 0.717) is 0 Å². The fourth-order valence-electron chi connectivity index (χ4n) is 1.34. The van der Waals surface area contributed by atoms with Crippen LogP contribution in [0.15, 0.2) is 17.0 Å². The number of halogens is 1. The standard InChI is InChI=1S/C11H14FNO4S/c1-6(2)17-11(14)8-4-7(3)10(12)9(5-8)18(13,15)16/h4-6H,1-3H3,(H2,13,15,16). The minimum atomic E-state index is -4.22. The van der Waals surface area contributed by atoms with E-state index in [-0.39, 0.29) is 17.2 Å². The number of benzene rings is 1. The summed E-state index contributed by atoms with van der Waals surface area (Å²) in [5, 5.41) is 4.88. The molecule has 0 bridgehead atoms. The second-order valence-corrected chi connectivity index (χ2v) is 5.63. The molecule has 0 aliphatic rings. The van der Waals surface area contributed by atoms with Crippen molar-refractivity contribution in [2.75, 3.05) is 0 Å². The third-order valence-electron chi connectivity index (χ3n) is 2.11. The van der Waals surface area contributed by atoms with Crippen molar-refractivity contribution < 1.29 is 22.3 Å². The van der Waals surface area contributed by atoms with Gasteiger partial charge in [0.15, 0.2) is 0 Å². The molecule has 2 N–H and O–H groups in total. The Labute approximate surface area is 105 Å². The molecule has 1 rings (SSSR count). The first-order valence-corrected chi connectivity index (χ1v) is 6.71. The number of aryl methyl sites for hydroxylation is 1. The molecule has 0 heterocycles. The molecule has 1 aromatic carbocycles. The molecular weight excluding hydrogens is 261 g/mol. The SMILES string of the molecule is Cc1cc(C(=O)OC(C)C)cc(S(N)(=O)=O)c1F. The number of carbonyl (C=O) groups is 1. The molecule has 0 saturated heterocycles. The Bertz CT molecular complexity index is 581. The van der Waals surface area contributed by atoms with Gasteiger partial charge in [-0.15, -0.1) is 0 Å². The lowest BCUT2D eigenvalue weighted by molar-refractivity contribution is 0.0377. The zero-order chi connectivity index (χ0) is 14.1. The third-order valence-corrected chi connectivity index (χ3v) is 3.02. The summed E-state index contributed by atoms with van der Waals surface area (Å²) in [5.74, 6) is -1.68. The maximum absolute atomic E-state index is 13.6. The zero-order valence-electron chi connectivity index (χ0n) is 10.2. The number of esters is 1. The number of hydrogen-bond donors (Lipinski definition) is 1. The van der Waals surface area contributed by atoms with Crippen LogP contribution < -0.4 is 5.14 Å². The van der Waals surface area contributed by atoms with Gasteiger partial charge in [0, 0.05) is 0 Å². The van der Waals surface area contributed by atoms with Gasteiger partial charge in [0.2, 0.25) is 10.0 Å². The molecular formula is C11H14FNO4S. The van der Waals surface area contributed by atoms with Crippen LogP contribution in [0.3, 0.4) is 0 Å². The van der Waals surface area contributed by atoms with Gasteiger partial charge in [0.25, 0.3) is 0 Å². The number of carbonyl (C=O) groups excluding carboxylic acids is 1. The van der Waals surface area contributed by atoms with E-state index in [1.807, 2.05) is 0 Å². The van der Waals surface area contributed by atoms with Crippen molar-refractivity contribution in [3.8, 4) is 0 Å². The maximum atomic E-state index is 13.6. The molecule has 0 fully saturated rings. The number of hydrogen-bond acceptors (Lipinski definition) is 4. The normalized spacial score (nSPS) is 11.7. The van der Waals surface area contributed by atoms with Crippen LogP contribution >= 0.6 is 0 Å². The minimum absolute atomic E-state index is 0.0113. The fourth-order valence-corrected chi connectivity index (χ4v) is 2.05. The number of primary sulfonamides is 1. The summed E-state index contributed by atoms with van der Waals surface area (Å²) >= 11 is 0. The van der Waals surface area contributed by atoms with Crippen LogP contribution in [0.25, 0.3) is 0 Å². The predicted molar refractivity (Wildman–Crippen MR) is 63.1 cm³/mol. The molecule has 0 aliphatic carbocycles. The van der Waals surface area contributed by atoms with Gasteiger partial charge in [0.05, 0.1) is 11.7 Å². The highest BCUT2D eigenvalue weighted by atomic mass is 32.2. The van der Waals surface area contributed by atoms with Crippen molar-refractivity contribution in [1.82, 2.24) is 0 Å². The molecule has 0 aromatic heterocycles. The number of rotatable bonds is 3. The van der Waals surface area contributed by atoms with E-state index in [4.69, 9.17) is 9.88 Å². The van der Waals surface area contributed by atoms with E-state index in [0.717, 1.165) is 6.07 Å². The zero-order valence-corrected chi connectivity index (χ0v) is 11.0. The van der Waals surface area contributed by atoms with Crippen LogP contribution in [0.1, 0.15) is 29.8 Å². The Morgan fingerprint density at radius 1 is 1.39 bits per heavy atom. The summed E-state index contributed by atoms with van der Waals surface area (Å²) < 4.78 is 40.9. The van der Waals surface area contributed by atoms with Crippen molar-refractivity contribution in [3.05, 3.63) is 29.1 Å². The highest BCUT2D eigenvalue weighted by Crippen LogP contribution is 2.20. The first-order valence-electron chi connectivity index (χ1n) is 5.17. The Morgan fingerprint density at radius 3 is 2.39 bits per heavy atom. The maximum Gasteiger partial charge on any atom is 0.338 e. The minimum Gasteiger partial charge on any atom is -0.459 e. The molecule has 0 unspecified atom stereocenters. The van der Waals surface area contributed by atoms with Crippen molar-refractivity contribution >= 4 is 16.0 Å². The van der Waals surface area contributed by atoms with Gasteiger partial charge in [-0.05, 0) is 38.5 Å². The van der Waals surface area contributed by atoms with Crippen LogP contribution in [0, 0.1) is 12.7 Å². The lowest BCUT2D eigenvalue weighted by atomic mass is 10.1. The molecule has 7 heteroatoms. The Morgan fingerprint density at radius 2 is 1.94 bits per heavy atom. The van der Waals surface area contributed by atoms with Crippen LogP contribution in [0.2, 0.25) is 0 Å². The first kappa shape index (κ1) is 14.6. The monoisotopic (exact) mass is 275 g/mol. The smallest absolute Gasteiger partial charge is 0.338 e. The average molecular weight is 275 g/mol. The summed E-state index contributed by atoms with van der Waals surface area (Å²) in [6.45, 7) is 4.64. The van der Waals surface area contributed by atoms with Gasteiger partial charge in [0.1, 0.15) is 10.7 Å². The van der Waals surface area contributed by atoms with Crippen molar-refractivity contribution in [1.29, 1.82) is 0 Å². The second-order valence-electron chi connectivity index (χ2n) is 4.10. The quantitative estimate of drug-likeness (QED) is 0.843. The highest BCUT2D eigenvalue weighted by Gasteiger charge is 2.21. The summed E-state index contributed by atoms with van der Waals surface area (Å²) in [5.41, 5.74) is -0.0381. The molecule has 1 aromatic rings. The van der Waals surface area contributed by atoms with Gasteiger partial charge < -0.3 is 4.74 Å². The van der Waals surface area contributed by atoms with Gasteiger partial charge in [-0.25, -0.2) is 22.7 Å². The van der Waals surface area contributed by atoms with Crippen molar-refractivity contribution in [2.24, 2.45) is 5.14 Å². The molecule has 100 valence electrons. The summed E-state index contributed by atoms with van der Waals surface area (Å²) in [6.07, 6.45) is -0.360. The Kier molecular flexibility index (Phi) is 4.08. The average Bonchev–Trinajstić information content (AvgIpc) is 2.18. The van der Waals surface area contributed by atoms with Crippen molar-refractivity contribution in [3.63, 3.8) is 0 Å². The molecule has 18 heavy (non-hydrogen) atoms. The third kappa shape index (κ3) is 3.27. The van der Waals surface area contributed by atoms with Crippen LogP contribution in [0.4, 0.5) is 4.39 Å². The second kappa shape index (κ2) is 5.03. The molecule has 0 radical (unpaired) electrons. The molecule has 0 saturated carbocycles. The summed E-state index contributed by atoms with van der Waals surface area (Å²) in [4.78, 5) is 10.9. The predicted octanol–water partition coefficient (Wildman–Crippen LogP) is 1.35. The topological polar surface area (TPSA) is 86.5 Å². The van der Waals surface area contributed by atoms with Crippen LogP contribution in [0.5, 0.6) is 0 Å². The van der Waals surface area contributed by atoms with Gasteiger partial charge in [-0.2, -0.15) is 0 Å². The largest absolute Gasteiger partial charge is 0.459 e. The van der Waals surface area contributed by atoms with E-state index in [1.54, 1.807) is 13.8 Å². The number of sulfonamides is 1. The van der Waals surface area contributed by atoms with E-state index in [9.17, 15) is 17.6 Å². The molecule has 0 atom stereocenters. The number of ether oxygens (including phenoxy) is 1. The Hall–Kier alpha value is -1.47. The summed E-state index contributed by atoms with van der Waals surface area (Å²) in [7, 11) is -4.22. The summed E-state index contributed by atoms with van der Waals surface area (Å²) in [6, 6.07) is 2.09. The fraction of sp³-hybridized carbons (Fsp3) is 0.364. The lowest BCUT2D eigenvalue weighted by Gasteiger charge is -2.10. The van der Waals surface area contributed by atoms with E-state index >= 15 is 0 Å². The van der Waals surface area contributed by atoms with Crippen molar-refractivity contribution in [2.45, 2.75) is 31.8 Å². The Balaban J connectivity index is 3.34. The van der Waals surface area contributed by atoms with E-state index < -0.39 is 26.7 Å². The molecule has 0 aliphatic heterocycles. The van der Waals surface area contributed by atoms with Crippen LogP contribution in [-0.4, -0.2) is 20.5 Å².